The fraction of sp³-hybridized carbons (Fsp3) is 0.500. The van der Waals surface area contributed by atoms with E-state index in [0.29, 0.717) is 12.6 Å². The van der Waals surface area contributed by atoms with Crippen molar-refractivity contribution in [3.63, 3.8) is 0 Å². The van der Waals surface area contributed by atoms with Crippen LogP contribution in [-0.4, -0.2) is 29.0 Å². The smallest absolute Gasteiger partial charge is 0.180 e. The predicted octanol–water partition coefficient (Wildman–Crippen LogP) is 3.36. The number of amidine groups is 1. The lowest BCUT2D eigenvalue weighted by Crippen LogP contribution is -2.37. The molecule has 1 fully saturated rings. The fourth-order valence-corrected chi connectivity index (χ4v) is 3.72. The van der Waals surface area contributed by atoms with Crippen LogP contribution in [0.25, 0.3) is 5.70 Å². The number of nitrogens with zero attached hydrogens (tertiary/aromatic N) is 2. The average Bonchev–Trinajstić information content (AvgIpc) is 3.17. The number of aliphatic imine (C=N–C) groups is 1. The molecule has 5 nitrogen and oxygen atoms in total. The predicted molar refractivity (Wildman–Crippen MR) is 102 cm³/mol. The minimum Gasteiger partial charge on any atom is -0.376 e. The topological polar surface area (TPSA) is 50.6 Å². The third kappa shape index (κ3) is 3.87. The molecule has 1 atom stereocenters. The van der Waals surface area contributed by atoms with Gasteiger partial charge in [0.2, 0.25) is 0 Å². The molecule has 0 saturated carbocycles. The maximum Gasteiger partial charge on any atom is 0.180 e. The number of thioether (sulfide) groups is 1. The van der Waals surface area contributed by atoms with Crippen LogP contribution in [0, 0.1) is 13.8 Å². The van der Waals surface area contributed by atoms with Gasteiger partial charge in [-0.15, -0.1) is 0 Å². The Labute approximate surface area is 148 Å². The molecule has 2 N–H and O–H groups in total. The molecule has 130 valence electrons. The van der Waals surface area contributed by atoms with E-state index < -0.39 is 0 Å². The minimum atomic E-state index is 0.351. The summed E-state index contributed by atoms with van der Waals surface area (Å²) in [6.45, 7) is 12.7. The van der Waals surface area contributed by atoms with E-state index in [1.165, 1.54) is 23.4 Å². The Hall–Kier alpha value is -1.66. The standard InChI is InChI=1S/C18H26N4OS/c1-12(2)9-19-18-21-20-17(11-24-18)16-8-13(3)22(14(16)4)10-15-6-5-7-23-15/h8,11,15,20H,1,5-7,9-10H2,2-4H3,(H,19,21)/t15-/m0/s1. The summed E-state index contributed by atoms with van der Waals surface area (Å²) in [6.07, 6.45) is 2.69. The van der Waals surface area contributed by atoms with Gasteiger partial charge in [0.25, 0.3) is 0 Å². The summed E-state index contributed by atoms with van der Waals surface area (Å²) in [5.41, 5.74) is 12.3. The molecule has 6 heteroatoms. The number of ether oxygens (including phenoxy) is 1. The molecular weight excluding hydrogens is 320 g/mol. The average molecular weight is 347 g/mol. The quantitative estimate of drug-likeness (QED) is 0.803. The molecule has 0 spiro atoms. The summed E-state index contributed by atoms with van der Waals surface area (Å²) in [5.74, 6) is 0. The minimum absolute atomic E-state index is 0.351. The molecule has 2 aliphatic heterocycles. The van der Waals surface area contributed by atoms with E-state index in [4.69, 9.17) is 4.74 Å². The first-order valence-electron chi connectivity index (χ1n) is 8.41. The molecule has 0 bridgehead atoms. The van der Waals surface area contributed by atoms with Crippen LogP contribution in [0.4, 0.5) is 0 Å². The maximum absolute atomic E-state index is 5.79. The Kier molecular flexibility index (Phi) is 5.36. The molecule has 0 amide bonds. The molecule has 3 rings (SSSR count). The maximum atomic E-state index is 5.79. The summed E-state index contributed by atoms with van der Waals surface area (Å²) in [5, 5.41) is 2.99. The van der Waals surface area contributed by atoms with Gasteiger partial charge in [0.15, 0.2) is 5.17 Å². The van der Waals surface area contributed by atoms with E-state index in [1.54, 1.807) is 11.8 Å². The van der Waals surface area contributed by atoms with Crippen molar-refractivity contribution in [3.8, 4) is 0 Å². The van der Waals surface area contributed by atoms with Gasteiger partial charge >= 0.3 is 0 Å². The van der Waals surface area contributed by atoms with Crippen molar-refractivity contribution in [2.24, 2.45) is 4.99 Å². The molecule has 2 aliphatic rings. The summed E-state index contributed by atoms with van der Waals surface area (Å²) < 4.78 is 8.16. The number of hydrazine groups is 1. The Balaban J connectivity index is 1.73. The molecule has 0 aromatic carbocycles. The largest absolute Gasteiger partial charge is 0.376 e. The van der Waals surface area contributed by atoms with Crippen LogP contribution in [0.3, 0.4) is 0 Å². The Bertz CT molecular complexity index is 683. The van der Waals surface area contributed by atoms with Crippen LogP contribution in [0.2, 0.25) is 0 Å². The highest BCUT2D eigenvalue weighted by Gasteiger charge is 2.21. The van der Waals surface area contributed by atoms with E-state index in [1.807, 2.05) is 6.92 Å². The Morgan fingerprint density at radius 1 is 1.46 bits per heavy atom. The summed E-state index contributed by atoms with van der Waals surface area (Å²) in [7, 11) is 0. The van der Waals surface area contributed by atoms with Gasteiger partial charge in [-0.1, -0.05) is 23.9 Å². The van der Waals surface area contributed by atoms with Gasteiger partial charge in [-0.05, 0) is 39.7 Å². The second kappa shape index (κ2) is 7.49. The van der Waals surface area contributed by atoms with E-state index in [9.17, 15) is 0 Å². The highest BCUT2D eigenvalue weighted by atomic mass is 32.2. The van der Waals surface area contributed by atoms with Crippen molar-refractivity contribution >= 4 is 22.6 Å². The van der Waals surface area contributed by atoms with Crippen molar-refractivity contribution in [2.75, 3.05) is 13.2 Å². The van der Waals surface area contributed by atoms with E-state index in [2.05, 4.69) is 52.3 Å². The zero-order chi connectivity index (χ0) is 17.1. The van der Waals surface area contributed by atoms with Gasteiger partial charge in [-0.2, -0.15) is 0 Å². The van der Waals surface area contributed by atoms with E-state index in [0.717, 1.165) is 36.0 Å². The lowest BCUT2D eigenvalue weighted by atomic mass is 10.2. The van der Waals surface area contributed by atoms with Crippen LogP contribution in [0.1, 0.15) is 36.7 Å². The number of hydrogen-bond donors (Lipinski definition) is 2. The van der Waals surface area contributed by atoms with Gasteiger partial charge in [0.1, 0.15) is 0 Å². The van der Waals surface area contributed by atoms with Gasteiger partial charge in [0, 0.05) is 35.5 Å². The second-order valence-corrected chi connectivity index (χ2v) is 7.37. The Morgan fingerprint density at radius 3 is 2.92 bits per heavy atom. The number of aryl methyl sites for hydroxylation is 1. The first-order chi connectivity index (χ1) is 11.5. The van der Waals surface area contributed by atoms with Crippen molar-refractivity contribution in [1.29, 1.82) is 0 Å². The van der Waals surface area contributed by atoms with E-state index in [-0.39, 0.29) is 0 Å². The molecule has 0 radical (unpaired) electrons. The number of aromatic nitrogens is 1. The first-order valence-corrected chi connectivity index (χ1v) is 9.29. The van der Waals surface area contributed by atoms with Crippen LogP contribution in [0.5, 0.6) is 0 Å². The molecule has 0 aliphatic carbocycles. The second-order valence-electron chi connectivity index (χ2n) is 6.51. The van der Waals surface area contributed by atoms with Crippen LogP contribution >= 0.6 is 11.8 Å². The van der Waals surface area contributed by atoms with Gasteiger partial charge < -0.3 is 9.30 Å². The third-order valence-corrected chi connectivity index (χ3v) is 5.17. The van der Waals surface area contributed by atoms with E-state index >= 15 is 0 Å². The molecule has 0 unspecified atom stereocenters. The molecule has 1 aromatic heterocycles. The van der Waals surface area contributed by atoms with Crippen molar-refractivity contribution in [1.82, 2.24) is 15.4 Å². The molecular formula is C18H26N4OS. The lowest BCUT2D eigenvalue weighted by molar-refractivity contribution is 0.0962. The highest BCUT2D eigenvalue weighted by Crippen LogP contribution is 2.27. The van der Waals surface area contributed by atoms with Crippen LogP contribution in [-0.2, 0) is 11.3 Å². The van der Waals surface area contributed by atoms with Crippen molar-refractivity contribution < 1.29 is 4.74 Å². The van der Waals surface area contributed by atoms with Crippen LogP contribution in [0.15, 0.2) is 28.6 Å². The molecule has 1 aromatic rings. The fourth-order valence-electron chi connectivity index (χ4n) is 3.06. The monoisotopic (exact) mass is 346 g/mol. The number of rotatable bonds is 5. The van der Waals surface area contributed by atoms with Crippen LogP contribution < -0.4 is 10.9 Å². The summed E-state index contributed by atoms with van der Waals surface area (Å²) in [4.78, 5) is 4.46. The molecule has 1 saturated heterocycles. The van der Waals surface area contributed by atoms with Gasteiger partial charge in [-0.25, -0.2) is 0 Å². The summed E-state index contributed by atoms with van der Waals surface area (Å²) >= 11 is 1.60. The van der Waals surface area contributed by atoms with Crippen molar-refractivity contribution in [2.45, 2.75) is 46.3 Å². The van der Waals surface area contributed by atoms with Crippen molar-refractivity contribution in [3.05, 3.63) is 40.6 Å². The normalized spacial score (nSPS) is 22.2. The first kappa shape index (κ1) is 17.2. The summed E-state index contributed by atoms with van der Waals surface area (Å²) in [6, 6.07) is 2.24. The Morgan fingerprint density at radius 2 is 2.29 bits per heavy atom. The zero-order valence-electron chi connectivity index (χ0n) is 14.7. The van der Waals surface area contributed by atoms with Gasteiger partial charge in [-0.3, -0.25) is 15.8 Å². The highest BCUT2D eigenvalue weighted by molar-refractivity contribution is 8.16. The van der Waals surface area contributed by atoms with Gasteiger partial charge in [0.05, 0.1) is 18.3 Å². The lowest BCUT2D eigenvalue weighted by Gasteiger charge is -2.19. The zero-order valence-corrected chi connectivity index (χ0v) is 15.5. The SMILES string of the molecule is C=C(C)CN=C1NNC(c2cc(C)n(C[C@@H]3CCCO3)c2C)=CS1. The number of nitrogens with one attached hydrogen (secondary N) is 2. The molecule has 3 heterocycles. The molecule has 24 heavy (non-hydrogen) atoms. The number of hydrogen-bond acceptors (Lipinski definition) is 4. The third-order valence-electron chi connectivity index (χ3n) is 4.36.